The van der Waals surface area contributed by atoms with E-state index in [2.05, 4.69) is 15.5 Å². The lowest BCUT2D eigenvalue weighted by Gasteiger charge is -2.20. The summed E-state index contributed by atoms with van der Waals surface area (Å²) in [5.74, 6) is -0.602. The van der Waals surface area contributed by atoms with Crippen molar-refractivity contribution in [3.05, 3.63) is 58.2 Å². The van der Waals surface area contributed by atoms with Crippen LogP contribution in [0.5, 0.6) is 0 Å². The van der Waals surface area contributed by atoms with Crippen molar-refractivity contribution in [3.8, 4) is 10.8 Å². The van der Waals surface area contributed by atoms with Crippen LogP contribution in [0.4, 0.5) is 0 Å². The lowest BCUT2D eigenvalue weighted by molar-refractivity contribution is -0.148. The van der Waals surface area contributed by atoms with Crippen LogP contribution in [0, 0.1) is 5.92 Å². The molecule has 0 unspecified atom stereocenters. The van der Waals surface area contributed by atoms with E-state index >= 15 is 0 Å². The van der Waals surface area contributed by atoms with Crippen LogP contribution in [-0.2, 0) is 16.1 Å². The van der Waals surface area contributed by atoms with Crippen LogP contribution < -0.4 is 5.32 Å². The number of halogens is 1. The first-order valence-corrected chi connectivity index (χ1v) is 9.80. The van der Waals surface area contributed by atoms with E-state index in [0.717, 1.165) is 4.88 Å². The minimum atomic E-state index is -0.840. The number of thiophene rings is 1. The molecule has 0 radical (unpaired) electrons. The molecule has 7 nitrogen and oxygen atoms in total. The average Bonchev–Trinajstić information content (AvgIpc) is 3.35. The second-order valence-corrected chi connectivity index (χ2v) is 7.63. The molecule has 1 amide bonds. The van der Waals surface area contributed by atoms with Crippen molar-refractivity contribution in [1.29, 1.82) is 0 Å². The Morgan fingerprint density at radius 2 is 2.04 bits per heavy atom. The van der Waals surface area contributed by atoms with Gasteiger partial charge in [0.1, 0.15) is 6.04 Å². The fourth-order valence-electron chi connectivity index (χ4n) is 2.40. The number of aromatic nitrogens is 2. The quantitative estimate of drug-likeness (QED) is 0.582. The molecule has 28 heavy (non-hydrogen) atoms. The van der Waals surface area contributed by atoms with Crippen molar-refractivity contribution in [1.82, 2.24) is 15.5 Å². The van der Waals surface area contributed by atoms with E-state index < -0.39 is 17.9 Å². The van der Waals surface area contributed by atoms with E-state index in [-0.39, 0.29) is 18.3 Å². The molecule has 2 aromatic heterocycles. The first kappa shape index (κ1) is 20.0. The number of ether oxygens (including phenoxy) is 1. The fraction of sp³-hybridized carbons (Fsp3) is 0.263. The van der Waals surface area contributed by atoms with E-state index in [4.69, 9.17) is 20.9 Å². The Balaban J connectivity index is 1.62. The molecule has 0 fully saturated rings. The molecular formula is C19H18ClN3O4S. The second-order valence-electron chi connectivity index (χ2n) is 6.28. The first-order chi connectivity index (χ1) is 13.5. The SMILES string of the molecule is CC(C)[C@H](NC(=O)c1ccccc1Cl)C(=O)OCc1noc(-c2cccs2)n1. The minimum Gasteiger partial charge on any atom is -0.456 e. The largest absolute Gasteiger partial charge is 0.456 e. The monoisotopic (exact) mass is 419 g/mol. The molecule has 1 aromatic carbocycles. The summed E-state index contributed by atoms with van der Waals surface area (Å²) in [6.45, 7) is 3.46. The third kappa shape index (κ3) is 4.76. The molecule has 0 saturated heterocycles. The highest BCUT2D eigenvalue weighted by atomic mass is 35.5. The summed E-state index contributed by atoms with van der Waals surface area (Å²) in [5.41, 5.74) is 0.293. The summed E-state index contributed by atoms with van der Waals surface area (Å²) in [4.78, 5) is 30.0. The van der Waals surface area contributed by atoms with Crippen molar-refractivity contribution < 1.29 is 18.8 Å². The van der Waals surface area contributed by atoms with Gasteiger partial charge in [-0.05, 0) is 29.5 Å². The van der Waals surface area contributed by atoms with Gasteiger partial charge in [0.25, 0.3) is 11.8 Å². The van der Waals surface area contributed by atoms with Crippen molar-refractivity contribution in [2.45, 2.75) is 26.5 Å². The summed E-state index contributed by atoms with van der Waals surface area (Å²) in [5, 5.41) is 8.69. The van der Waals surface area contributed by atoms with Crippen LogP contribution in [0.15, 0.2) is 46.3 Å². The van der Waals surface area contributed by atoms with Gasteiger partial charge in [-0.3, -0.25) is 4.79 Å². The maximum absolute atomic E-state index is 12.5. The fourth-order valence-corrected chi connectivity index (χ4v) is 3.27. The van der Waals surface area contributed by atoms with Gasteiger partial charge in [0.15, 0.2) is 6.61 Å². The van der Waals surface area contributed by atoms with E-state index in [0.29, 0.717) is 16.5 Å². The minimum absolute atomic E-state index is 0.154. The molecule has 1 N–H and O–H groups in total. The maximum Gasteiger partial charge on any atom is 0.329 e. The zero-order valence-corrected chi connectivity index (χ0v) is 16.8. The highest BCUT2D eigenvalue weighted by molar-refractivity contribution is 7.13. The highest BCUT2D eigenvalue weighted by Crippen LogP contribution is 2.22. The van der Waals surface area contributed by atoms with Crippen LogP contribution in [0.1, 0.15) is 30.0 Å². The molecule has 0 bridgehead atoms. The number of amides is 1. The smallest absolute Gasteiger partial charge is 0.329 e. The lowest BCUT2D eigenvalue weighted by Crippen LogP contribution is -2.45. The van der Waals surface area contributed by atoms with Crippen LogP contribution in [0.25, 0.3) is 10.8 Å². The second kappa shape index (κ2) is 8.99. The van der Waals surface area contributed by atoms with Crippen LogP contribution >= 0.6 is 22.9 Å². The summed E-state index contributed by atoms with van der Waals surface area (Å²) in [6.07, 6.45) is 0. The molecule has 3 rings (SSSR count). The van der Waals surface area contributed by atoms with Gasteiger partial charge in [-0.1, -0.05) is 48.8 Å². The van der Waals surface area contributed by atoms with Gasteiger partial charge >= 0.3 is 5.97 Å². The molecule has 9 heteroatoms. The van der Waals surface area contributed by atoms with E-state index in [1.54, 1.807) is 24.3 Å². The van der Waals surface area contributed by atoms with Gasteiger partial charge in [0, 0.05) is 0 Å². The predicted octanol–water partition coefficient (Wildman–Crippen LogP) is 3.95. The van der Waals surface area contributed by atoms with Crippen molar-refractivity contribution in [2.24, 2.45) is 5.92 Å². The standard InChI is InChI=1S/C19H18ClN3O4S/c1-11(2)16(22-17(24)12-6-3-4-7-13(12)20)19(25)26-10-15-21-18(27-23-15)14-8-5-9-28-14/h3-9,11,16H,10H2,1-2H3,(H,22,24)/t16-/m0/s1. The van der Waals surface area contributed by atoms with Crippen LogP contribution in [-0.4, -0.2) is 28.1 Å². The molecule has 0 aliphatic rings. The zero-order valence-electron chi connectivity index (χ0n) is 15.2. The number of hydrogen-bond donors (Lipinski definition) is 1. The Kier molecular flexibility index (Phi) is 6.43. The summed E-state index contributed by atoms with van der Waals surface area (Å²) < 4.78 is 10.4. The number of nitrogens with zero attached hydrogens (tertiary/aromatic N) is 2. The Bertz CT molecular complexity index is 956. The van der Waals surface area contributed by atoms with E-state index in [1.807, 2.05) is 31.4 Å². The van der Waals surface area contributed by atoms with Crippen molar-refractivity contribution >= 4 is 34.8 Å². The highest BCUT2D eigenvalue weighted by Gasteiger charge is 2.27. The van der Waals surface area contributed by atoms with E-state index in [1.165, 1.54) is 11.3 Å². The number of carbonyl (C=O) groups excluding carboxylic acids is 2. The molecule has 0 spiro atoms. The maximum atomic E-state index is 12.5. The number of carbonyl (C=O) groups is 2. The Morgan fingerprint density at radius 1 is 1.25 bits per heavy atom. The normalized spacial score (nSPS) is 12.0. The number of nitrogens with one attached hydrogen (secondary N) is 1. The Labute approximate surface area is 170 Å². The molecule has 1 atom stereocenters. The molecule has 0 aliphatic carbocycles. The van der Waals surface area contributed by atoms with Gasteiger partial charge < -0.3 is 14.6 Å². The van der Waals surface area contributed by atoms with Crippen molar-refractivity contribution in [3.63, 3.8) is 0 Å². The van der Waals surface area contributed by atoms with Crippen molar-refractivity contribution in [2.75, 3.05) is 0 Å². The molecule has 0 saturated carbocycles. The predicted molar refractivity (Wildman–Crippen MR) is 105 cm³/mol. The average molecular weight is 420 g/mol. The third-order valence-corrected chi connectivity index (χ3v) is 5.06. The molecule has 0 aliphatic heterocycles. The molecule has 146 valence electrons. The third-order valence-electron chi connectivity index (χ3n) is 3.87. The summed E-state index contributed by atoms with van der Waals surface area (Å²) in [7, 11) is 0. The van der Waals surface area contributed by atoms with Gasteiger partial charge in [-0.2, -0.15) is 4.98 Å². The Hall–Kier alpha value is -2.71. The molecular weight excluding hydrogens is 402 g/mol. The molecule has 3 aromatic rings. The van der Waals surface area contributed by atoms with Crippen LogP contribution in [0.3, 0.4) is 0 Å². The van der Waals surface area contributed by atoms with Gasteiger partial charge in [0.2, 0.25) is 5.82 Å². The summed E-state index contributed by atoms with van der Waals surface area (Å²) >= 11 is 7.51. The number of benzene rings is 1. The number of rotatable bonds is 7. The number of hydrogen-bond acceptors (Lipinski definition) is 7. The van der Waals surface area contributed by atoms with Gasteiger partial charge in [-0.15, -0.1) is 11.3 Å². The number of esters is 1. The van der Waals surface area contributed by atoms with E-state index in [9.17, 15) is 9.59 Å². The lowest BCUT2D eigenvalue weighted by atomic mass is 10.0. The van der Waals surface area contributed by atoms with Gasteiger partial charge in [0.05, 0.1) is 15.5 Å². The molecule has 2 heterocycles. The topological polar surface area (TPSA) is 94.3 Å². The summed E-state index contributed by atoms with van der Waals surface area (Å²) in [6, 6.07) is 9.51. The first-order valence-electron chi connectivity index (χ1n) is 8.54. The zero-order chi connectivity index (χ0) is 20.1. The van der Waals surface area contributed by atoms with Crippen LogP contribution in [0.2, 0.25) is 5.02 Å². The van der Waals surface area contributed by atoms with Gasteiger partial charge in [-0.25, -0.2) is 4.79 Å². The Morgan fingerprint density at radius 3 is 2.71 bits per heavy atom.